The summed E-state index contributed by atoms with van der Waals surface area (Å²) in [5.41, 5.74) is 0.457. The van der Waals surface area contributed by atoms with Crippen molar-refractivity contribution in [3.8, 4) is 0 Å². The number of nitrogens with zero attached hydrogens (tertiary/aromatic N) is 1. The molecule has 0 aromatic heterocycles. The first-order chi connectivity index (χ1) is 8.38. The minimum absolute atomic E-state index is 0.457. The highest BCUT2D eigenvalue weighted by Gasteiger charge is 2.21. The number of hydrogen-bond donors (Lipinski definition) is 1. The summed E-state index contributed by atoms with van der Waals surface area (Å²) in [6.07, 6.45) is 6.91. The van der Waals surface area contributed by atoms with E-state index in [1.807, 2.05) is 0 Å². The van der Waals surface area contributed by atoms with Gasteiger partial charge in [-0.15, -0.1) is 0 Å². The van der Waals surface area contributed by atoms with Gasteiger partial charge in [-0.2, -0.15) is 0 Å². The molecule has 1 N–H and O–H groups in total. The lowest BCUT2D eigenvalue weighted by Gasteiger charge is -2.33. The van der Waals surface area contributed by atoms with Crippen molar-refractivity contribution in [1.29, 1.82) is 0 Å². The molecule has 0 saturated heterocycles. The van der Waals surface area contributed by atoms with Crippen molar-refractivity contribution in [3.05, 3.63) is 0 Å². The van der Waals surface area contributed by atoms with Crippen LogP contribution < -0.4 is 5.32 Å². The van der Waals surface area contributed by atoms with Gasteiger partial charge in [-0.25, -0.2) is 0 Å². The molecule has 18 heavy (non-hydrogen) atoms. The second kappa shape index (κ2) is 7.49. The molecule has 2 heteroatoms. The third-order valence-corrected chi connectivity index (χ3v) is 4.30. The van der Waals surface area contributed by atoms with Crippen molar-refractivity contribution in [1.82, 2.24) is 10.2 Å². The maximum absolute atomic E-state index is 3.58. The quantitative estimate of drug-likeness (QED) is 0.730. The zero-order valence-corrected chi connectivity index (χ0v) is 13.3. The van der Waals surface area contributed by atoms with E-state index in [1.165, 1.54) is 38.6 Å². The highest BCUT2D eigenvalue weighted by Crippen LogP contribution is 2.26. The Hall–Kier alpha value is -0.0800. The van der Waals surface area contributed by atoms with Crippen molar-refractivity contribution < 1.29 is 0 Å². The summed E-state index contributed by atoms with van der Waals surface area (Å²) in [7, 11) is 2.30. The van der Waals surface area contributed by atoms with E-state index in [-0.39, 0.29) is 0 Å². The molecule has 1 aliphatic carbocycles. The summed E-state index contributed by atoms with van der Waals surface area (Å²) in [6.45, 7) is 12.8. The molecule has 0 atom stereocenters. The van der Waals surface area contributed by atoms with Gasteiger partial charge in [0.15, 0.2) is 0 Å². The molecule has 0 amide bonds. The Kier molecular flexibility index (Phi) is 6.65. The summed E-state index contributed by atoms with van der Waals surface area (Å²) in [4.78, 5) is 2.57. The van der Waals surface area contributed by atoms with Crippen LogP contribution >= 0.6 is 0 Å². The van der Waals surface area contributed by atoms with Crippen LogP contribution in [-0.4, -0.2) is 37.6 Å². The van der Waals surface area contributed by atoms with Gasteiger partial charge in [0.1, 0.15) is 0 Å². The Labute approximate surface area is 115 Å². The molecule has 1 saturated carbocycles. The molecular weight excluding hydrogens is 220 g/mol. The number of rotatable bonds is 6. The third kappa shape index (κ3) is 6.75. The predicted octanol–water partition coefficient (Wildman–Crippen LogP) is 3.52. The van der Waals surface area contributed by atoms with Crippen LogP contribution in [0.5, 0.6) is 0 Å². The van der Waals surface area contributed by atoms with Gasteiger partial charge in [0, 0.05) is 19.1 Å². The maximum atomic E-state index is 3.58. The second-order valence-electron chi connectivity index (χ2n) is 7.45. The smallest absolute Gasteiger partial charge is 0.0107 e. The molecule has 0 aromatic carbocycles. The first-order valence-corrected chi connectivity index (χ1v) is 7.79. The summed E-state index contributed by atoms with van der Waals surface area (Å²) >= 11 is 0. The largest absolute Gasteiger partial charge is 0.315 e. The van der Waals surface area contributed by atoms with Gasteiger partial charge in [0.05, 0.1) is 0 Å². The molecular formula is C16H34N2. The SMILES string of the molecule is CC1CCC(N(C)CCNCCC(C)(C)C)CC1. The molecule has 1 rings (SSSR count). The number of nitrogens with one attached hydrogen (secondary N) is 1. The molecule has 0 unspecified atom stereocenters. The van der Waals surface area contributed by atoms with E-state index >= 15 is 0 Å². The first kappa shape index (κ1) is 16.0. The van der Waals surface area contributed by atoms with Crippen molar-refractivity contribution in [2.45, 2.75) is 65.8 Å². The van der Waals surface area contributed by atoms with E-state index in [9.17, 15) is 0 Å². The lowest BCUT2D eigenvalue weighted by atomic mass is 9.87. The number of hydrogen-bond acceptors (Lipinski definition) is 2. The molecule has 0 aromatic rings. The topological polar surface area (TPSA) is 15.3 Å². The van der Waals surface area contributed by atoms with Crippen LogP contribution in [0.3, 0.4) is 0 Å². The fourth-order valence-corrected chi connectivity index (χ4v) is 2.71. The summed E-state index contributed by atoms with van der Waals surface area (Å²) in [6, 6.07) is 0.839. The molecule has 2 nitrogen and oxygen atoms in total. The van der Waals surface area contributed by atoms with Crippen molar-refractivity contribution in [2.75, 3.05) is 26.7 Å². The third-order valence-electron chi connectivity index (χ3n) is 4.30. The van der Waals surface area contributed by atoms with Crippen LogP contribution in [0, 0.1) is 11.3 Å². The average molecular weight is 254 g/mol. The van der Waals surface area contributed by atoms with Gasteiger partial charge in [-0.3, -0.25) is 0 Å². The minimum Gasteiger partial charge on any atom is -0.315 e. The minimum atomic E-state index is 0.457. The van der Waals surface area contributed by atoms with Gasteiger partial charge in [-0.1, -0.05) is 27.7 Å². The Bertz CT molecular complexity index is 212. The van der Waals surface area contributed by atoms with Crippen LogP contribution in [0.15, 0.2) is 0 Å². The van der Waals surface area contributed by atoms with Crippen LogP contribution in [-0.2, 0) is 0 Å². The van der Waals surface area contributed by atoms with Crippen molar-refractivity contribution >= 4 is 0 Å². The van der Waals surface area contributed by atoms with E-state index in [1.54, 1.807) is 0 Å². The Morgan fingerprint density at radius 2 is 1.67 bits per heavy atom. The molecule has 0 aliphatic heterocycles. The lowest BCUT2D eigenvalue weighted by molar-refractivity contribution is 0.170. The monoisotopic (exact) mass is 254 g/mol. The van der Waals surface area contributed by atoms with Crippen molar-refractivity contribution in [2.24, 2.45) is 11.3 Å². The summed E-state index contributed by atoms with van der Waals surface area (Å²) in [5, 5.41) is 3.58. The van der Waals surface area contributed by atoms with Crippen molar-refractivity contribution in [3.63, 3.8) is 0 Å². The van der Waals surface area contributed by atoms with E-state index in [0.717, 1.165) is 25.0 Å². The van der Waals surface area contributed by atoms with E-state index in [0.29, 0.717) is 5.41 Å². The van der Waals surface area contributed by atoms with E-state index in [4.69, 9.17) is 0 Å². The Morgan fingerprint density at radius 3 is 2.22 bits per heavy atom. The molecule has 0 heterocycles. The molecule has 0 spiro atoms. The highest BCUT2D eigenvalue weighted by molar-refractivity contribution is 4.76. The molecule has 0 bridgehead atoms. The second-order valence-corrected chi connectivity index (χ2v) is 7.45. The van der Waals surface area contributed by atoms with E-state index < -0.39 is 0 Å². The molecule has 0 radical (unpaired) electrons. The maximum Gasteiger partial charge on any atom is 0.0107 e. The van der Waals surface area contributed by atoms with Gasteiger partial charge in [0.25, 0.3) is 0 Å². The van der Waals surface area contributed by atoms with Crippen LogP contribution in [0.1, 0.15) is 59.8 Å². The first-order valence-electron chi connectivity index (χ1n) is 7.79. The van der Waals surface area contributed by atoms with Gasteiger partial charge in [-0.05, 0) is 57.0 Å². The molecule has 1 fully saturated rings. The van der Waals surface area contributed by atoms with E-state index in [2.05, 4.69) is 45.0 Å². The fraction of sp³-hybridized carbons (Fsp3) is 1.00. The van der Waals surface area contributed by atoms with Gasteiger partial charge >= 0.3 is 0 Å². The molecule has 1 aliphatic rings. The Balaban J connectivity index is 2.05. The zero-order valence-electron chi connectivity index (χ0n) is 13.3. The molecule has 108 valence electrons. The standard InChI is InChI=1S/C16H34N2/c1-14-6-8-15(9-7-14)18(5)13-12-17-11-10-16(2,3)4/h14-15,17H,6-13H2,1-5H3. The zero-order chi connectivity index (χ0) is 13.6. The normalized spacial score (nSPS) is 25.7. The van der Waals surface area contributed by atoms with Crippen LogP contribution in [0.2, 0.25) is 0 Å². The average Bonchev–Trinajstić information content (AvgIpc) is 2.27. The Morgan fingerprint density at radius 1 is 1.06 bits per heavy atom. The van der Waals surface area contributed by atoms with Crippen LogP contribution in [0.4, 0.5) is 0 Å². The number of likely N-dealkylation sites (N-methyl/N-ethyl adjacent to an activating group) is 1. The predicted molar refractivity (Wildman–Crippen MR) is 81.0 cm³/mol. The van der Waals surface area contributed by atoms with Crippen LogP contribution in [0.25, 0.3) is 0 Å². The fourth-order valence-electron chi connectivity index (χ4n) is 2.71. The van der Waals surface area contributed by atoms with Gasteiger partial charge < -0.3 is 10.2 Å². The lowest BCUT2D eigenvalue weighted by Crippen LogP contribution is -2.39. The summed E-state index contributed by atoms with van der Waals surface area (Å²) in [5.74, 6) is 0.958. The summed E-state index contributed by atoms with van der Waals surface area (Å²) < 4.78 is 0. The van der Waals surface area contributed by atoms with Gasteiger partial charge in [0.2, 0.25) is 0 Å². The highest BCUT2D eigenvalue weighted by atomic mass is 15.1.